The van der Waals surface area contributed by atoms with Crippen LogP contribution in [0.2, 0.25) is 0 Å². The van der Waals surface area contributed by atoms with Gasteiger partial charge in [-0.15, -0.1) is 6.58 Å². The Balaban J connectivity index is 2.44. The molecule has 1 aromatic carbocycles. The molecule has 0 heterocycles. The van der Waals surface area contributed by atoms with Gasteiger partial charge in [0.05, 0.1) is 12.2 Å². The molecule has 142 valence electrons. The summed E-state index contributed by atoms with van der Waals surface area (Å²) in [5.41, 5.74) is 3.58. The van der Waals surface area contributed by atoms with E-state index in [-0.39, 0.29) is 17.2 Å². The van der Waals surface area contributed by atoms with Gasteiger partial charge >= 0.3 is 5.97 Å². The van der Waals surface area contributed by atoms with Gasteiger partial charge in [0.15, 0.2) is 5.78 Å². The van der Waals surface area contributed by atoms with Crippen molar-refractivity contribution >= 4 is 11.8 Å². The number of allylic oxidation sites excluding steroid dienone is 5. The molecule has 0 N–H and O–H groups in total. The normalized spacial score (nSPS) is 15.7. The van der Waals surface area contributed by atoms with Crippen LogP contribution in [-0.4, -0.2) is 18.4 Å². The van der Waals surface area contributed by atoms with Gasteiger partial charge in [0.2, 0.25) is 0 Å². The third-order valence-electron chi connectivity index (χ3n) is 4.58. The highest BCUT2D eigenvalue weighted by atomic mass is 16.5. The second-order valence-corrected chi connectivity index (χ2v) is 7.57. The van der Waals surface area contributed by atoms with Gasteiger partial charge in [-0.1, -0.05) is 56.3 Å². The van der Waals surface area contributed by atoms with Crippen LogP contribution in [0.3, 0.4) is 0 Å². The molecule has 1 aromatic rings. The van der Waals surface area contributed by atoms with Crippen LogP contribution in [0.25, 0.3) is 0 Å². The Bertz CT molecular complexity index is 820. The van der Waals surface area contributed by atoms with Crippen molar-refractivity contribution in [2.45, 2.75) is 40.5 Å². The van der Waals surface area contributed by atoms with Gasteiger partial charge in [-0.25, -0.2) is 4.79 Å². The van der Waals surface area contributed by atoms with E-state index in [1.165, 1.54) is 0 Å². The van der Waals surface area contributed by atoms with Crippen LogP contribution in [0.4, 0.5) is 0 Å². The van der Waals surface area contributed by atoms with Crippen LogP contribution in [0.15, 0.2) is 77.4 Å². The number of benzene rings is 1. The molecule has 0 radical (unpaired) electrons. The highest BCUT2D eigenvalue weighted by molar-refractivity contribution is 6.08. The highest BCUT2D eigenvalue weighted by Gasteiger charge is 2.30. The number of carbonyl (C=O) groups excluding carboxylic acids is 2. The van der Waals surface area contributed by atoms with Gasteiger partial charge in [-0.2, -0.15) is 0 Å². The van der Waals surface area contributed by atoms with E-state index in [0.29, 0.717) is 23.3 Å². The van der Waals surface area contributed by atoms with Crippen molar-refractivity contribution < 1.29 is 14.3 Å². The Hall–Kier alpha value is -2.68. The molecule has 0 aromatic heterocycles. The summed E-state index contributed by atoms with van der Waals surface area (Å²) in [6, 6.07) is 9.09. The Morgan fingerprint density at radius 1 is 1.19 bits per heavy atom. The molecule has 0 aliphatic heterocycles. The Labute approximate surface area is 162 Å². The lowest BCUT2D eigenvalue weighted by atomic mass is 9.80. The lowest BCUT2D eigenvalue weighted by Gasteiger charge is -2.24. The van der Waals surface area contributed by atoms with Gasteiger partial charge < -0.3 is 4.74 Å². The number of ether oxygens (including phenoxy) is 1. The molecule has 0 unspecified atom stereocenters. The van der Waals surface area contributed by atoms with Crippen LogP contribution >= 0.6 is 0 Å². The van der Waals surface area contributed by atoms with Crippen molar-refractivity contribution in [2.24, 2.45) is 5.41 Å². The first-order valence-electron chi connectivity index (χ1n) is 9.30. The summed E-state index contributed by atoms with van der Waals surface area (Å²) in [5, 5.41) is 0. The maximum absolute atomic E-state index is 12.8. The van der Waals surface area contributed by atoms with E-state index in [2.05, 4.69) is 20.4 Å². The number of esters is 1. The summed E-state index contributed by atoms with van der Waals surface area (Å²) in [4.78, 5) is 25.3. The third-order valence-corrected chi connectivity index (χ3v) is 4.58. The Morgan fingerprint density at radius 3 is 2.44 bits per heavy atom. The summed E-state index contributed by atoms with van der Waals surface area (Å²) in [7, 11) is 0. The maximum Gasteiger partial charge on any atom is 0.339 e. The molecule has 0 spiro atoms. The molecular formula is C24H28O3. The van der Waals surface area contributed by atoms with E-state index < -0.39 is 0 Å². The van der Waals surface area contributed by atoms with Crippen molar-refractivity contribution in [3.63, 3.8) is 0 Å². The van der Waals surface area contributed by atoms with Crippen LogP contribution in [0, 0.1) is 5.41 Å². The number of ketones is 1. The topological polar surface area (TPSA) is 43.4 Å². The van der Waals surface area contributed by atoms with Crippen molar-refractivity contribution in [3.05, 3.63) is 83.0 Å². The summed E-state index contributed by atoms with van der Waals surface area (Å²) < 4.78 is 5.24. The smallest absolute Gasteiger partial charge is 0.339 e. The highest BCUT2D eigenvalue weighted by Crippen LogP contribution is 2.40. The minimum absolute atomic E-state index is 0.0210. The Morgan fingerprint density at radius 2 is 1.85 bits per heavy atom. The van der Waals surface area contributed by atoms with Gasteiger partial charge in [0.1, 0.15) is 0 Å². The predicted molar refractivity (Wildman–Crippen MR) is 109 cm³/mol. The van der Waals surface area contributed by atoms with Crippen molar-refractivity contribution in [2.75, 3.05) is 6.61 Å². The lowest BCUT2D eigenvalue weighted by molar-refractivity contribution is -0.138. The zero-order valence-corrected chi connectivity index (χ0v) is 16.7. The third kappa shape index (κ3) is 5.16. The fourth-order valence-corrected chi connectivity index (χ4v) is 3.36. The molecule has 3 nitrogen and oxygen atoms in total. The standard InChI is InChI=1S/C24H28O3/c1-6-13-24(4,5)16-19-14-17(3)22(23(26)27-7-2)20(19)15-21(25)18-11-9-8-10-12-18/h6,8-12,14-15H,1,7,13,16H2,2-5H3/b20-15+. The van der Waals surface area contributed by atoms with Crippen LogP contribution < -0.4 is 0 Å². The number of rotatable bonds is 8. The summed E-state index contributed by atoms with van der Waals surface area (Å²) in [6.07, 6.45) is 7.07. The van der Waals surface area contributed by atoms with Gasteiger partial charge in [-0.3, -0.25) is 4.79 Å². The molecule has 3 heteroatoms. The second-order valence-electron chi connectivity index (χ2n) is 7.57. The molecule has 0 atom stereocenters. The molecule has 1 aliphatic rings. The summed E-state index contributed by atoms with van der Waals surface area (Å²) >= 11 is 0. The van der Waals surface area contributed by atoms with Gasteiger partial charge in [0.25, 0.3) is 0 Å². The molecule has 0 bridgehead atoms. The molecule has 2 rings (SSSR count). The molecule has 0 saturated carbocycles. The summed E-state index contributed by atoms with van der Waals surface area (Å²) in [5.74, 6) is -0.496. The first-order chi connectivity index (χ1) is 12.8. The average molecular weight is 364 g/mol. The molecule has 1 aliphatic carbocycles. The van der Waals surface area contributed by atoms with Crippen molar-refractivity contribution in [1.29, 1.82) is 0 Å². The number of hydrogen-bond acceptors (Lipinski definition) is 3. The van der Waals surface area contributed by atoms with E-state index in [4.69, 9.17) is 4.74 Å². The fraction of sp³-hybridized carbons (Fsp3) is 0.333. The molecule has 27 heavy (non-hydrogen) atoms. The van der Waals surface area contributed by atoms with Crippen LogP contribution in [0.5, 0.6) is 0 Å². The fourth-order valence-electron chi connectivity index (χ4n) is 3.36. The van der Waals surface area contributed by atoms with Gasteiger partial charge in [-0.05, 0) is 54.9 Å². The zero-order valence-electron chi connectivity index (χ0n) is 16.7. The van der Waals surface area contributed by atoms with Crippen molar-refractivity contribution in [1.82, 2.24) is 0 Å². The van der Waals surface area contributed by atoms with Crippen LogP contribution in [0.1, 0.15) is 50.9 Å². The van der Waals surface area contributed by atoms with E-state index >= 15 is 0 Å². The van der Waals surface area contributed by atoms with Crippen molar-refractivity contribution in [3.8, 4) is 0 Å². The monoisotopic (exact) mass is 364 g/mol. The second kappa shape index (κ2) is 8.81. The van der Waals surface area contributed by atoms with E-state index in [9.17, 15) is 9.59 Å². The first kappa shape index (κ1) is 20.6. The molecular weight excluding hydrogens is 336 g/mol. The van der Waals surface area contributed by atoms with Crippen LogP contribution in [-0.2, 0) is 9.53 Å². The van der Waals surface area contributed by atoms with Gasteiger partial charge in [0, 0.05) is 5.56 Å². The first-order valence-corrected chi connectivity index (χ1v) is 9.30. The van der Waals surface area contributed by atoms with E-state index in [1.807, 2.05) is 37.3 Å². The largest absolute Gasteiger partial charge is 0.462 e. The molecule has 0 fully saturated rings. The minimum Gasteiger partial charge on any atom is -0.462 e. The SMILES string of the molecule is C=CCC(C)(C)CC1=CC(C)=C(C(=O)OCC)/C1=C/C(=O)c1ccccc1. The molecule has 0 amide bonds. The lowest BCUT2D eigenvalue weighted by Crippen LogP contribution is -2.15. The van der Waals surface area contributed by atoms with E-state index in [1.54, 1.807) is 25.1 Å². The minimum atomic E-state index is -0.380. The number of carbonyl (C=O) groups is 2. The maximum atomic E-state index is 12.8. The zero-order chi connectivity index (χ0) is 20.0. The Kier molecular flexibility index (Phi) is 6.73. The van der Waals surface area contributed by atoms with E-state index in [0.717, 1.165) is 24.0 Å². The average Bonchev–Trinajstić information content (AvgIpc) is 2.90. The summed E-state index contributed by atoms with van der Waals surface area (Å²) in [6.45, 7) is 12.1. The quantitative estimate of drug-likeness (QED) is 0.261. The predicted octanol–water partition coefficient (Wildman–Crippen LogP) is 5.61. The number of hydrogen-bond donors (Lipinski definition) is 0. The molecule has 0 saturated heterocycles.